The summed E-state index contributed by atoms with van der Waals surface area (Å²) in [7, 11) is 0. The van der Waals surface area contributed by atoms with Crippen LogP contribution >= 0.6 is 27.5 Å². The zero-order valence-electron chi connectivity index (χ0n) is 10.5. The molecule has 0 aromatic heterocycles. The lowest BCUT2D eigenvalue weighted by Crippen LogP contribution is -2.34. The van der Waals surface area contributed by atoms with Crippen molar-refractivity contribution in [1.82, 2.24) is 0 Å². The molecule has 18 heavy (non-hydrogen) atoms. The molecule has 0 N–H and O–H groups in total. The first kappa shape index (κ1) is 12.8. The van der Waals surface area contributed by atoms with Crippen LogP contribution in [0.3, 0.4) is 0 Å². The van der Waals surface area contributed by atoms with Gasteiger partial charge >= 0.3 is 0 Å². The summed E-state index contributed by atoms with van der Waals surface area (Å²) in [5.41, 5.74) is 2.50. The Balaban J connectivity index is 1.84. The van der Waals surface area contributed by atoms with Crippen molar-refractivity contribution in [3.05, 3.63) is 28.8 Å². The summed E-state index contributed by atoms with van der Waals surface area (Å²) in [5.74, 6) is 0.924. The van der Waals surface area contributed by atoms with E-state index >= 15 is 0 Å². The number of hydrogen-bond donors (Lipinski definition) is 0. The van der Waals surface area contributed by atoms with E-state index in [1.807, 2.05) is 0 Å². The van der Waals surface area contributed by atoms with Gasteiger partial charge in [0.2, 0.25) is 0 Å². The van der Waals surface area contributed by atoms with Crippen molar-refractivity contribution < 1.29 is 0 Å². The molecule has 3 heteroatoms. The van der Waals surface area contributed by atoms with Crippen molar-refractivity contribution in [3.63, 3.8) is 0 Å². The standard InChI is InChI=1S/C15H19BrClN/c16-10-12-5-6-13(9-14(12)17)18-8-7-11-3-1-2-4-15(11)18/h5-6,9,11,15H,1-4,7-8,10H2. The Morgan fingerprint density at radius 1 is 1.22 bits per heavy atom. The predicted octanol–water partition coefficient (Wildman–Crippen LogP) is 5.00. The number of alkyl halides is 1. The molecule has 0 bridgehead atoms. The number of nitrogens with zero attached hydrogens (tertiary/aromatic N) is 1. The normalized spacial score (nSPS) is 27.3. The van der Waals surface area contributed by atoms with E-state index in [2.05, 4.69) is 39.0 Å². The Morgan fingerprint density at radius 3 is 2.83 bits per heavy atom. The molecule has 2 aliphatic rings. The summed E-state index contributed by atoms with van der Waals surface area (Å²) < 4.78 is 0. The first-order valence-corrected chi connectivity index (χ1v) is 8.40. The Bertz CT molecular complexity index is 435. The predicted molar refractivity (Wildman–Crippen MR) is 81.8 cm³/mol. The van der Waals surface area contributed by atoms with Crippen LogP contribution in [0.1, 0.15) is 37.7 Å². The molecule has 2 fully saturated rings. The fourth-order valence-corrected chi connectivity index (χ4v) is 4.44. The lowest BCUT2D eigenvalue weighted by molar-refractivity contribution is 0.342. The van der Waals surface area contributed by atoms with Gasteiger partial charge in [-0.1, -0.05) is 46.4 Å². The van der Waals surface area contributed by atoms with Crippen molar-refractivity contribution in [2.75, 3.05) is 11.4 Å². The minimum atomic E-state index is 0.768. The molecule has 1 saturated carbocycles. The average molecular weight is 329 g/mol. The van der Waals surface area contributed by atoms with E-state index in [4.69, 9.17) is 11.6 Å². The van der Waals surface area contributed by atoms with Gasteiger partial charge in [0, 0.05) is 28.6 Å². The minimum absolute atomic E-state index is 0.768. The van der Waals surface area contributed by atoms with E-state index in [-0.39, 0.29) is 0 Å². The molecule has 0 amide bonds. The van der Waals surface area contributed by atoms with Gasteiger partial charge in [-0.3, -0.25) is 0 Å². The van der Waals surface area contributed by atoms with Gasteiger partial charge in [0.25, 0.3) is 0 Å². The summed E-state index contributed by atoms with van der Waals surface area (Å²) in [6, 6.07) is 7.31. The van der Waals surface area contributed by atoms with Gasteiger partial charge in [-0.15, -0.1) is 0 Å². The van der Waals surface area contributed by atoms with Crippen LogP contribution in [-0.4, -0.2) is 12.6 Å². The fraction of sp³-hybridized carbons (Fsp3) is 0.600. The molecule has 98 valence electrons. The third-order valence-electron chi connectivity index (χ3n) is 4.52. The Morgan fingerprint density at radius 2 is 2.06 bits per heavy atom. The van der Waals surface area contributed by atoms with E-state index in [9.17, 15) is 0 Å². The van der Waals surface area contributed by atoms with Crippen LogP contribution in [0.2, 0.25) is 5.02 Å². The van der Waals surface area contributed by atoms with Crippen LogP contribution in [-0.2, 0) is 5.33 Å². The zero-order valence-corrected chi connectivity index (χ0v) is 12.9. The van der Waals surface area contributed by atoms with Crippen LogP contribution < -0.4 is 4.90 Å². The van der Waals surface area contributed by atoms with Crippen molar-refractivity contribution in [3.8, 4) is 0 Å². The second-order valence-corrected chi connectivity index (χ2v) is 6.47. The summed E-state index contributed by atoms with van der Waals surface area (Å²) >= 11 is 9.80. The van der Waals surface area contributed by atoms with E-state index in [1.54, 1.807) is 0 Å². The lowest BCUT2D eigenvalue weighted by Gasteiger charge is -2.33. The number of benzene rings is 1. The number of fused-ring (bicyclic) bond motifs is 1. The maximum absolute atomic E-state index is 6.33. The largest absolute Gasteiger partial charge is 0.368 e. The molecule has 1 heterocycles. The molecular formula is C15H19BrClN. The molecule has 1 aliphatic carbocycles. The summed E-state index contributed by atoms with van der Waals surface area (Å²) in [6.45, 7) is 1.21. The second-order valence-electron chi connectivity index (χ2n) is 5.50. The molecule has 2 unspecified atom stereocenters. The summed E-state index contributed by atoms with van der Waals surface area (Å²) in [6.07, 6.45) is 6.97. The van der Waals surface area contributed by atoms with Crippen LogP contribution in [0, 0.1) is 5.92 Å². The Labute approximate surface area is 123 Å². The summed E-state index contributed by atoms with van der Waals surface area (Å²) in [4.78, 5) is 2.59. The highest BCUT2D eigenvalue weighted by molar-refractivity contribution is 9.08. The monoisotopic (exact) mass is 327 g/mol. The van der Waals surface area contributed by atoms with Crippen molar-refractivity contribution in [1.29, 1.82) is 0 Å². The molecule has 1 aromatic rings. The summed E-state index contributed by atoms with van der Waals surface area (Å²) in [5, 5.41) is 1.72. The maximum Gasteiger partial charge on any atom is 0.0467 e. The van der Waals surface area contributed by atoms with Gasteiger partial charge < -0.3 is 4.90 Å². The average Bonchev–Trinajstić information content (AvgIpc) is 2.82. The SMILES string of the molecule is Clc1cc(N2CCC3CCCCC32)ccc1CBr. The second kappa shape index (κ2) is 5.42. The number of halogens is 2. The molecule has 1 saturated heterocycles. The van der Waals surface area contributed by atoms with Gasteiger partial charge in [-0.05, 0) is 42.9 Å². The van der Waals surface area contributed by atoms with Crippen LogP contribution in [0.4, 0.5) is 5.69 Å². The number of anilines is 1. The Kier molecular flexibility index (Phi) is 3.86. The first-order valence-electron chi connectivity index (χ1n) is 6.90. The van der Waals surface area contributed by atoms with Crippen molar-refractivity contribution in [2.45, 2.75) is 43.5 Å². The van der Waals surface area contributed by atoms with Crippen LogP contribution in [0.25, 0.3) is 0 Å². The quantitative estimate of drug-likeness (QED) is 0.690. The van der Waals surface area contributed by atoms with Crippen LogP contribution in [0.5, 0.6) is 0 Å². The number of hydrogen-bond acceptors (Lipinski definition) is 1. The van der Waals surface area contributed by atoms with Crippen LogP contribution in [0.15, 0.2) is 18.2 Å². The fourth-order valence-electron chi connectivity index (χ4n) is 3.55. The van der Waals surface area contributed by atoms with Gasteiger partial charge in [0.05, 0.1) is 0 Å². The molecule has 0 radical (unpaired) electrons. The molecule has 2 atom stereocenters. The van der Waals surface area contributed by atoms with E-state index in [0.29, 0.717) is 0 Å². The highest BCUT2D eigenvalue weighted by Crippen LogP contribution is 2.39. The first-order chi connectivity index (χ1) is 8.79. The van der Waals surface area contributed by atoms with E-state index in [1.165, 1.54) is 49.9 Å². The third-order valence-corrected chi connectivity index (χ3v) is 5.48. The number of rotatable bonds is 2. The van der Waals surface area contributed by atoms with Gasteiger partial charge in [-0.25, -0.2) is 0 Å². The molecule has 1 aromatic carbocycles. The van der Waals surface area contributed by atoms with Gasteiger partial charge in [0.1, 0.15) is 0 Å². The molecular weight excluding hydrogens is 310 g/mol. The van der Waals surface area contributed by atoms with Crippen molar-refractivity contribution >= 4 is 33.2 Å². The van der Waals surface area contributed by atoms with Crippen molar-refractivity contribution in [2.24, 2.45) is 5.92 Å². The highest BCUT2D eigenvalue weighted by Gasteiger charge is 2.35. The topological polar surface area (TPSA) is 3.24 Å². The smallest absolute Gasteiger partial charge is 0.0467 e. The van der Waals surface area contributed by atoms with E-state index < -0.39 is 0 Å². The highest BCUT2D eigenvalue weighted by atomic mass is 79.9. The minimum Gasteiger partial charge on any atom is -0.368 e. The van der Waals surface area contributed by atoms with Gasteiger partial charge in [-0.2, -0.15) is 0 Å². The third kappa shape index (κ3) is 2.30. The lowest BCUT2D eigenvalue weighted by atomic mass is 9.85. The Hall–Kier alpha value is -0.210. The molecule has 1 aliphatic heterocycles. The molecule has 0 spiro atoms. The zero-order chi connectivity index (χ0) is 12.5. The van der Waals surface area contributed by atoms with Gasteiger partial charge in [0.15, 0.2) is 0 Å². The van der Waals surface area contributed by atoms with E-state index in [0.717, 1.165) is 22.3 Å². The molecule has 3 rings (SSSR count). The molecule has 1 nitrogen and oxygen atoms in total. The maximum atomic E-state index is 6.33.